The van der Waals surface area contributed by atoms with Gasteiger partial charge < -0.3 is 15.4 Å². The van der Waals surface area contributed by atoms with Crippen molar-refractivity contribution in [2.75, 3.05) is 13.7 Å². The van der Waals surface area contributed by atoms with Gasteiger partial charge in [-0.1, -0.05) is 12.1 Å². The van der Waals surface area contributed by atoms with Gasteiger partial charge in [0, 0.05) is 6.54 Å². The largest absolute Gasteiger partial charge is 0.465 e. The summed E-state index contributed by atoms with van der Waals surface area (Å²) >= 11 is 0. The van der Waals surface area contributed by atoms with E-state index in [-0.39, 0.29) is 18.0 Å². The Morgan fingerprint density at radius 1 is 1.38 bits per heavy atom. The minimum atomic E-state index is -0.361. The smallest absolute Gasteiger partial charge is 0.337 e. The summed E-state index contributed by atoms with van der Waals surface area (Å²) in [4.78, 5) is 22.1. The first-order chi connectivity index (χ1) is 7.70. The summed E-state index contributed by atoms with van der Waals surface area (Å²) < 4.78 is 4.60. The molecular weight excluding hydrogens is 208 g/mol. The molecule has 1 atom stereocenters. The molecule has 1 fully saturated rings. The molecule has 16 heavy (non-hydrogen) atoms. The van der Waals surface area contributed by atoms with E-state index in [2.05, 4.69) is 15.4 Å². The number of methoxy groups -OCH3 is 1. The number of ether oxygens (including phenoxy) is 1. The molecule has 1 unspecified atom stereocenters. The highest BCUT2D eigenvalue weighted by molar-refractivity contribution is 5.89. The fourth-order valence-electron chi connectivity index (χ4n) is 1.63. The summed E-state index contributed by atoms with van der Waals surface area (Å²) in [5.74, 6) is -0.361. The molecule has 0 aliphatic carbocycles. The highest BCUT2D eigenvalue weighted by Gasteiger charge is 2.21. The second-order valence-electron chi connectivity index (χ2n) is 3.52. The van der Waals surface area contributed by atoms with Gasteiger partial charge in [-0.05, 0) is 17.7 Å². The van der Waals surface area contributed by atoms with E-state index in [1.54, 1.807) is 12.1 Å². The number of rotatable bonds is 2. The maximum absolute atomic E-state index is 11.2. The molecule has 1 aliphatic heterocycles. The molecule has 1 aromatic carbocycles. The molecule has 1 saturated heterocycles. The van der Waals surface area contributed by atoms with Crippen LogP contribution in [0.1, 0.15) is 22.0 Å². The van der Waals surface area contributed by atoms with Crippen LogP contribution in [0.3, 0.4) is 0 Å². The SMILES string of the molecule is COC(=O)c1ccc(C2CNC(=O)N2)cc1. The number of urea groups is 1. The Morgan fingerprint density at radius 2 is 2.06 bits per heavy atom. The van der Waals surface area contributed by atoms with Gasteiger partial charge >= 0.3 is 12.0 Å². The van der Waals surface area contributed by atoms with Crippen LogP contribution in [-0.2, 0) is 4.74 Å². The number of esters is 1. The van der Waals surface area contributed by atoms with E-state index >= 15 is 0 Å². The molecule has 0 radical (unpaired) electrons. The predicted molar refractivity (Wildman–Crippen MR) is 57.1 cm³/mol. The molecule has 5 nitrogen and oxygen atoms in total. The minimum absolute atomic E-state index is 0.0285. The number of benzene rings is 1. The quantitative estimate of drug-likeness (QED) is 0.725. The lowest BCUT2D eigenvalue weighted by Gasteiger charge is -2.09. The number of hydrogen-bond acceptors (Lipinski definition) is 3. The van der Waals surface area contributed by atoms with Crippen molar-refractivity contribution in [1.82, 2.24) is 10.6 Å². The molecule has 1 aliphatic rings. The van der Waals surface area contributed by atoms with Crippen LogP contribution in [0.25, 0.3) is 0 Å². The van der Waals surface area contributed by atoms with Crippen LogP contribution in [0.15, 0.2) is 24.3 Å². The Morgan fingerprint density at radius 3 is 2.56 bits per heavy atom. The van der Waals surface area contributed by atoms with Gasteiger partial charge in [0.1, 0.15) is 0 Å². The van der Waals surface area contributed by atoms with Crippen molar-refractivity contribution in [3.8, 4) is 0 Å². The molecule has 0 saturated carbocycles. The molecule has 0 spiro atoms. The average molecular weight is 220 g/mol. The minimum Gasteiger partial charge on any atom is -0.465 e. The maximum Gasteiger partial charge on any atom is 0.337 e. The summed E-state index contributed by atoms with van der Waals surface area (Å²) in [6.07, 6.45) is 0. The number of carbonyl (C=O) groups excluding carboxylic acids is 2. The second kappa shape index (κ2) is 4.22. The van der Waals surface area contributed by atoms with Crippen LogP contribution in [-0.4, -0.2) is 25.7 Å². The van der Waals surface area contributed by atoms with Gasteiger partial charge in [-0.15, -0.1) is 0 Å². The van der Waals surface area contributed by atoms with Crippen LogP contribution in [0.4, 0.5) is 4.79 Å². The molecule has 1 aromatic rings. The molecule has 2 N–H and O–H groups in total. The average Bonchev–Trinajstić information content (AvgIpc) is 2.75. The lowest BCUT2D eigenvalue weighted by molar-refractivity contribution is 0.0600. The molecule has 0 aromatic heterocycles. The van der Waals surface area contributed by atoms with E-state index in [9.17, 15) is 9.59 Å². The van der Waals surface area contributed by atoms with Crippen molar-refractivity contribution in [2.24, 2.45) is 0 Å². The third-order valence-electron chi connectivity index (χ3n) is 2.51. The van der Waals surface area contributed by atoms with Gasteiger partial charge in [0.05, 0.1) is 18.7 Å². The number of nitrogens with one attached hydrogen (secondary N) is 2. The summed E-state index contributed by atoms with van der Waals surface area (Å²) in [6, 6.07) is 6.80. The normalized spacial score (nSPS) is 18.8. The predicted octanol–water partition coefficient (Wildman–Crippen LogP) is 0.827. The van der Waals surface area contributed by atoms with Gasteiger partial charge in [0.15, 0.2) is 0 Å². The zero-order chi connectivity index (χ0) is 11.5. The van der Waals surface area contributed by atoms with E-state index in [1.807, 2.05) is 12.1 Å². The molecule has 5 heteroatoms. The van der Waals surface area contributed by atoms with Gasteiger partial charge in [-0.3, -0.25) is 0 Å². The van der Waals surface area contributed by atoms with Crippen LogP contribution < -0.4 is 10.6 Å². The Bertz CT molecular complexity index is 414. The van der Waals surface area contributed by atoms with E-state index in [4.69, 9.17) is 0 Å². The molecule has 2 rings (SSSR count). The first-order valence-corrected chi connectivity index (χ1v) is 4.93. The first kappa shape index (κ1) is 10.5. The molecule has 2 amide bonds. The maximum atomic E-state index is 11.2. The Hall–Kier alpha value is -2.04. The van der Waals surface area contributed by atoms with Crippen LogP contribution in [0, 0.1) is 0 Å². The summed E-state index contributed by atoms with van der Waals surface area (Å²) in [7, 11) is 1.34. The van der Waals surface area contributed by atoms with Crippen molar-refractivity contribution in [2.45, 2.75) is 6.04 Å². The van der Waals surface area contributed by atoms with E-state index < -0.39 is 0 Å². The zero-order valence-electron chi connectivity index (χ0n) is 8.82. The topological polar surface area (TPSA) is 67.4 Å². The Kier molecular flexibility index (Phi) is 2.76. The van der Waals surface area contributed by atoms with E-state index in [0.29, 0.717) is 12.1 Å². The van der Waals surface area contributed by atoms with Gasteiger partial charge in [-0.2, -0.15) is 0 Å². The summed E-state index contributed by atoms with van der Waals surface area (Å²) in [6.45, 7) is 0.566. The number of amides is 2. The van der Waals surface area contributed by atoms with Crippen molar-refractivity contribution in [1.29, 1.82) is 0 Å². The molecule has 1 heterocycles. The summed E-state index contributed by atoms with van der Waals surface area (Å²) in [5.41, 5.74) is 1.47. The van der Waals surface area contributed by atoms with Crippen LogP contribution in [0.5, 0.6) is 0 Å². The van der Waals surface area contributed by atoms with Gasteiger partial charge in [0.2, 0.25) is 0 Å². The van der Waals surface area contributed by atoms with Crippen molar-refractivity contribution < 1.29 is 14.3 Å². The third kappa shape index (κ3) is 1.98. The Balaban J connectivity index is 2.13. The highest BCUT2D eigenvalue weighted by Crippen LogP contribution is 2.16. The standard InChI is InChI=1S/C11H12N2O3/c1-16-10(14)8-4-2-7(3-5-8)9-6-12-11(15)13-9/h2-5,9H,6H2,1H3,(H2,12,13,15). The van der Waals surface area contributed by atoms with Crippen molar-refractivity contribution in [3.05, 3.63) is 35.4 Å². The second-order valence-corrected chi connectivity index (χ2v) is 3.52. The van der Waals surface area contributed by atoms with Gasteiger partial charge in [-0.25, -0.2) is 9.59 Å². The third-order valence-corrected chi connectivity index (χ3v) is 2.51. The monoisotopic (exact) mass is 220 g/mol. The number of carbonyl (C=O) groups is 2. The fraction of sp³-hybridized carbons (Fsp3) is 0.273. The van der Waals surface area contributed by atoms with Crippen molar-refractivity contribution >= 4 is 12.0 Å². The molecule has 84 valence electrons. The van der Waals surface area contributed by atoms with Crippen molar-refractivity contribution in [3.63, 3.8) is 0 Å². The van der Waals surface area contributed by atoms with E-state index in [1.165, 1.54) is 7.11 Å². The lowest BCUT2D eigenvalue weighted by atomic mass is 10.1. The first-order valence-electron chi connectivity index (χ1n) is 4.93. The fourth-order valence-corrected chi connectivity index (χ4v) is 1.63. The highest BCUT2D eigenvalue weighted by atomic mass is 16.5. The van der Waals surface area contributed by atoms with Crippen LogP contribution >= 0.6 is 0 Å². The Labute approximate surface area is 92.8 Å². The summed E-state index contributed by atoms with van der Waals surface area (Å²) in [5, 5.41) is 5.44. The van der Waals surface area contributed by atoms with E-state index in [0.717, 1.165) is 5.56 Å². The lowest BCUT2D eigenvalue weighted by Crippen LogP contribution is -2.21. The zero-order valence-corrected chi connectivity index (χ0v) is 8.82. The van der Waals surface area contributed by atoms with Gasteiger partial charge in [0.25, 0.3) is 0 Å². The molecule has 0 bridgehead atoms. The number of hydrogen-bond donors (Lipinski definition) is 2. The van der Waals surface area contributed by atoms with Crippen LogP contribution in [0.2, 0.25) is 0 Å². The molecular formula is C11H12N2O3.